The summed E-state index contributed by atoms with van der Waals surface area (Å²) in [5.74, 6) is -1.93. The molecule has 1 aliphatic carbocycles. The molecule has 1 heterocycles. The molecule has 4 heteroatoms. The minimum Gasteiger partial charge on any atom is -0.204 e. The quantitative estimate of drug-likeness (QED) is 0.159. The highest BCUT2D eigenvalue weighted by molar-refractivity contribution is 6.59. The number of hydrogen-bond donors (Lipinski definition) is 0. The summed E-state index contributed by atoms with van der Waals surface area (Å²) in [6.45, 7) is 2.31. The van der Waals surface area contributed by atoms with Gasteiger partial charge < -0.3 is 0 Å². The predicted octanol–water partition coefficient (Wildman–Crippen LogP) is 9.77. The molecular weight excluding hydrogens is 469 g/mol. The second-order valence-corrected chi connectivity index (χ2v) is 15.3. The number of aryl methyl sites for hydroxylation is 1. The lowest BCUT2D eigenvalue weighted by atomic mass is 9.60. The largest absolute Gasteiger partial charge is 0.204 e. The van der Waals surface area contributed by atoms with E-state index in [4.69, 9.17) is 0 Å². The SMILES string of the molecule is CCCCC[Si@H]1CC[C@@](c2ccccc2)(C2CCC(CCCCc3cc(F)c(F)c(F)c3)CC2)CC1. The normalized spacial score (nSPS) is 26.7. The first-order valence-corrected chi connectivity index (χ1v) is 17.2. The summed E-state index contributed by atoms with van der Waals surface area (Å²) in [4.78, 5) is 0. The van der Waals surface area contributed by atoms with Crippen molar-refractivity contribution in [2.24, 2.45) is 11.8 Å². The lowest BCUT2D eigenvalue weighted by molar-refractivity contribution is 0.149. The van der Waals surface area contributed by atoms with Crippen LogP contribution in [0.15, 0.2) is 42.5 Å². The van der Waals surface area contributed by atoms with Crippen LogP contribution in [0.2, 0.25) is 18.1 Å². The Morgan fingerprint density at radius 1 is 0.833 bits per heavy atom. The third kappa shape index (κ3) is 6.85. The van der Waals surface area contributed by atoms with Crippen molar-refractivity contribution in [2.45, 2.75) is 114 Å². The van der Waals surface area contributed by atoms with Crippen LogP contribution in [0.5, 0.6) is 0 Å². The highest BCUT2D eigenvalue weighted by Crippen LogP contribution is 2.52. The first kappa shape index (κ1) is 27.5. The van der Waals surface area contributed by atoms with Crippen LogP contribution in [0.25, 0.3) is 0 Å². The molecule has 0 nitrogen and oxygen atoms in total. The van der Waals surface area contributed by atoms with E-state index in [0.717, 1.165) is 36.8 Å². The van der Waals surface area contributed by atoms with Crippen LogP contribution in [0.1, 0.15) is 95.1 Å². The van der Waals surface area contributed by atoms with Gasteiger partial charge in [-0.15, -0.1) is 0 Å². The van der Waals surface area contributed by atoms with Crippen LogP contribution in [-0.2, 0) is 11.8 Å². The molecule has 198 valence electrons. The lowest BCUT2D eigenvalue weighted by Crippen LogP contribution is -2.42. The predicted molar refractivity (Wildman–Crippen MR) is 148 cm³/mol. The molecule has 36 heavy (non-hydrogen) atoms. The Kier molecular flexibility index (Phi) is 10.2. The fourth-order valence-electron chi connectivity index (χ4n) is 7.39. The van der Waals surface area contributed by atoms with E-state index < -0.39 is 26.2 Å². The highest BCUT2D eigenvalue weighted by Gasteiger charge is 2.44. The highest BCUT2D eigenvalue weighted by atomic mass is 28.3. The molecule has 0 unspecified atom stereocenters. The van der Waals surface area contributed by atoms with Gasteiger partial charge in [0, 0.05) is 8.80 Å². The second-order valence-electron chi connectivity index (χ2n) is 11.8. The van der Waals surface area contributed by atoms with Crippen molar-refractivity contribution >= 4 is 8.80 Å². The summed E-state index contributed by atoms with van der Waals surface area (Å²) in [7, 11) is -0.553. The van der Waals surface area contributed by atoms with Gasteiger partial charge in [-0.2, -0.15) is 0 Å². The zero-order valence-corrected chi connectivity index (χ0v) is 23.4. The topological polar surface area (TPSA) is 0 Å². The second kappa shape index (κ2) is 13.3. The van der Waals surface area contributed by atoms with Gasteiger partial charge in [0.2, 0.25) is 0 Å². The Hall–Kier alpha value is -1.55. The van der Waals surface area contributed by atoms with Crippen molar-refractivity contribution in [3.63, 3.8) is 0 Å². The van der Waals surface area contributed by atoms with Crippen LogP contribution >= 0.6 is 0 Å². The van der Waals surface area contributed by atoms with Crippen LogP contribution in [0.4, 0.5) is 13.2 Å². The number of halogens is 3. The molecule has 2 aromatic rings. The zero-order valence-electron chi connectivity index (χ0n) is 22.2. The van der Waals surface area contributed by atoms with Crippen molar-refractivity contribution < 1.29 is 13.2 Å². The number of unbranched alkanes of at least 4 members (excludes halogenated alkanes) is 3. The molecule has 0 bridgehead atoms. The van der Waals surface area contributed by atoms with Crippen molar-refractivity contribution in [3.8, 4) is 0 Å². The zero-order chi connectivity index (χ0) is 25.4. The van der Waals surface area contributed by atoms with E-state index in [1.807, 2.05) is 0 Å². The number of rotatable bonds is 11. The van der Waals surface area contributed by atoms with E-state index in [1.165, 1.54) is 76.3 Å². The first-order chi connectivity index (χ1) is 17.5. The van der Waals surface area contributed by atoms with E-state index in [9.17, 15) is 13.2 Å². The molecule has 1 saturated carbocycles. The molecule has 1 aliphatic heterocycles. The van der Waals surface area contributed by atoms with Crippen LogP contribution in [0.3, 0.4) is 0 Å². The smallest absolute Gasteiger partial charge is 0.194 e. The number of hydrogen-bond acceptors (Lipinski definition) is 0. The standard InChI is InChI=1S/C32H45F3Si/c1-2-3-9-20-36-21-18-32(19-22-36,27-12-5-4-6-13-27)28-16-14-25(15-17-28)10-7-8-11-26-23-29(33)31(35)30(34)24-26/h4-6,12-13,23-25,28,36H,2-3,7-11,14-22H2,1H3/t25?,28?,32-,36+. The molecule has 2 aromatic carbocycles. The molecular formula is C32H45F3Si. The number of benzene rings is 2. The molecule has 0 N–H and O–H groups in total. The van der Waals surface area contributed by atoms with Crippen molar-refractivity contribution in [1.29, 1.82) is 0 Å². The third-order valence-corrected chi connectivity index (χ3v) is 13.0. The van der Waals surface area contributed by atoms with E-state index in [1.54, 1.807) is 11.6 Å². The molecule has 0 radical (unpaired) electrons. The van der Waals surface area contributed by atoms with E-state index in [-0.39, 0.29) is 0 Å². The van der Waals surface area contributed by atoms with Gasteiger partial charge in [0.15, 0.2) is 17.5 Å². The summed E-state index contributed by atoms with van der Waals surface area (Å²) in [5.41, 5.74) is 2.57. The van der Waals surface area contributed by atoms with Crippen LogP contribution < -0.4 is 0 Å². The maximum atomic E-state index is 13.5. The third-order valence-electron chi connectivity index (χ3n) is 9.56. The molecule has 4 rings (SSSR count). The minimum absolute atomic E-state index is 0.400. The summed E-state index contributed by atoms with van der Waals surface area (Å²) >= 11 is 0. The van der Waals surface area contributed by atoms with Gasteiger partial charge in [-0.3, -0.25) is 0 Å². The monoisotopic (exact) mass is 514 g/mol. The Morgan fingerprint density at radius 3 is 2.14 bits per heavy atom. The maximum Gasteiger partial charge on any atom is 0.194 e. The molecule has 2 fully saturated rings. The summed E-state index contributed by atoms with van der Waals surface area (Å²) < 4.78 is 40.1. The Balaban J connectivity index is 1.27. The first-order valence-electron chi connectivity index (χ1n) is 14.7. The average molecular weight is 515 g/mol. The summed E-state index contributed by atoms with van der Waals surface area (Å²) in [6.07, 6.45) is 16.2. The molecule has 0 amide bonds. The molecule has 0 aromatic heterocycles. The summed E-state index contributed by atoms with van der Waals surface area (Å²) in [5, 5.41) is 0. The minimum atomic E-state index is -1.36. The lowest BCUT2D eigenvalue weighted by Gasteiger charge is -2.48. The molecule has 0 atom stereocenters. The molecule has 2 aliphatic rings. The van der Waals surface area contributed by atoms with E-state index in [0.29, 0.717) is 17.4 Å². The van der Waals surface area contributed by atoms with Gasteiger partial charge in [-0.05, 0) is 79.0 Å². The van der Waals surface area contributed by atoms with Crippen LogP contribution in [0, 0.1) is 29.3 Å². The molecule has 0 spiro atoms. The average Bonchev–Trinajstić information content (AvgIpc) is 2.91. The van der Waals surface area contributed by atoms with Gasteiger partial charge in [-0.1, -0.05) is 100 Å². The Labute approximate surface area is 218 Å². The van der Waals surface area contributed by atoms with Gasteiger partial charge in [-0.25, -0.2) is 13.2 Å². The van der Waals surface area contributed by atoms with Crippen molar-refractivity contribution in [3.05, 3.63) is 71.0 Å². The van der Waals surface area contributed by atoms with Gasteiger partial charge in [0.25, 0.3) is 0 Å². The van der Waals surface area contributed by atoms with Crippen LogP contribution in [-0.4, -0.2) is 8.80 Å². The Bertz CT molecular complexity index is 905. The summed E-state index contributed by atoms with van der Waals surface area (Å²) in [6, 6.07) is 18.4. The fourth-order valence-corrected chi connectivity index (χ4v) is 11.0. The van der Waals surface area contributed by atoms with Gasteiger partial charge in [0.05, 0.1) is 0 Å². The van der Waals surface area contributed by atoms with E-state index >= 15 is 0 Å². The van der Waals surface area contributed by atoms with Gasteiger partial charge >= 0.3 is 0 Å². The van der Waals surface area contributed by atoms with Crippen molar-refractivity contribution in [2.75, 3.05) is 0 Å². The van der Waals surface area contributed by atoms with E-state index in [2.05, 4.69) is 37.3 Å². The molecule has 1 saturated heterocycles. The Morgan fingerprint density at radius 2 is 1.50 bits per heavy atom. The van der Waals surface area contributed by atoms with Gasteiger partial charge in [0.1, 0.15) is 0 Å². The fraction of sp³-hybridized carbons (Fsp3) is 0.625. The van der Waals surface area contributed by atoms with Crippen molar-refractivity contribution in [1.82, 2.24) is 0 Å². The maximum absolute atomic E-state index is 13.5.